The smallest absolute Gasteiger partial charge is 0.151 e. The molecule has 0 aliphatic carbocycles. The molecule has 0 amide bonds. The maximum Gasteiger partial charge on any atom is 0.151 e. The molecule has 2 rings (SSSR count). The largest absolute Gasteiger partial charge is 0.389 e. The van der Waals surface area contributed by atoms with Gasteiger partial charge < -0.3 is 9.67 Å². The van der Waals surface area contributed by atoms with E-state index in [1.807, 2.05) is 23.9 Å². The van der Waals surface area contributed by atoms with E-state index < -0.39 is 0 Å². The summed E-state index contributed by atoms with van der Waals surface area (Å²) < 4.78 is 3.09. The van der Waals surface area contributed by atoms with Crippen LogP contribution in [0.25, 0.3) is 10.3 Å². The van der Waals surface area contributed by atoms with Gasteiger partial charge in [-0.2, -0.15) is 0 Å². The molecule has 11 heavy (non-hydrogen) atoms. The van der Waals surface area contributed by atoms with Crippen LogP contribution in [0.4, 0.5) is 0 Å². The predicted octanol–water partition coefficient (Wildman–Crippen LogP) is 1.13. The molecule has 0 saturated heterocycles. The number of nitrogens with zero attached hydrogens (tertiary/aromatic N) is 2. The molecule has 2 heterocycles. The lowest BCUT2D eigenvalue weighted by atomic mass is 10.6. The molecular formula is C7H8N2OS. The zero-order valence-corrected chi connectivity index (χ0v) is 6.93. The summed E-state index contributed by atoms with van der Waals surface area (Å²) in [5, 5.41) is 9.57. The number of aliphatic hydroxyl groups excluding tert-OH is 1. The molecule has 0 bridgehead atoms. The van der Waals surface area contributed by atoms with Gasteiger partial charge in [0.2, 0.25) is 0 Å². The molecule has 0 unspecified atom stereocenters. The van der Waals surface area contributed by atoms with Crippen molar-refractivity contribution in [2.24, 2.45) is 7.05 Å². The number of aliphatic hydroxyl groups is 1. The van der Waals surface area contributed by atoms with Crippen molar-refractivity contribution in [2.75, 3.05) is 0 Å². The first-order chi connectivity index (χ1) is 5.31. The molecule has 1 N–H and O–H groups in total. The van der Waals surface area contributed by atoms with Gasteiger partial charge in [-0.05, 0) is 6.07 Å². The predicted molar refractivity (Wildman–Crippen MR) is 44.5 cm³/mol. The van der Waals surface area contributed by atoms with Crippen molar-refractivity contribution >= 4 is 21.7 Å². The summed E-state index contributed by atoms with van der Waals surface area (Å²) in [4.78, 5) is 4.22. The highest BCUT2D eigenvalue weighted by Crippen LogP contribution is 2.21. The fourth-order valence-corrected chi connectivity index (χ4v) is 1.91. The molecule has 3 nitrogen and oxygen atoms in total. The normalized spacial score (nSPS) is 11.1. The van der Waals surface area contributed by atoms with E-state index >= 15 is 0 Å². The van der Waals surface area contributed by atoms with Gasteiger partial charge in [-0.25, -0.2) is 4.98 Å². The molecule has 0 aliphatic rings. The Morgan fingerprint density at radius 2 is 2.55 bits per heavy atom. The van der Waals surface area contributed by atoms with Crippen LogP contribution >= 0.6 is 11.3 Å². The quantitative estimate of drug-likeness (QED) is 0.693. The first-order valence-electron chi connectivity index (χ1n) is 3.33. The monoisotopic (exact) mass is 168 g/mol. The summed E-state index contributed by atoms with van der Waals surface area (Å²) in [7, 11) is 1.95. The van der Waals surface area contributed by atoms with Gasteiger partial charge in [0.25, 0.3) is 0 Å². The summed E-state index contributed by atoms with van der Waals surface area (Å²) in [5.74, 6) is 0. The topological polar surface area (TPSA) is 38.0 Å². The Kier molecular flexibility index (Phi) is 1.44. The van der Waals surface area contributed by atoms with Crippen LogP contribution in [0.3, 0.4) is 0 Å². The second-order valence-electron chi connectivity index (χ2n) is 2.38. The lowest BCUT2D eigenvalue weighted by Crippen LogP contribution is -1.86. The fourth-order valence-electron chi connectivity index (χ4n) is 1.05. The highest BCUT2D eigenvalue weighted by Gasteiger charge is 2.04. The fraction of sp³-hybridized carbons (Fsp3) is 0.286. The van der Waals surface area contributed by atoms with E-state index in [1.54, 1.807) is 0 Å². The Hall–Kier alpha value is -0.870. The lowest BCUT2D eigenvalue weighted by Gasteiger charge is -1.87. The number of aromatic nitrogens is 2. The molecule has 0 radical (unpaired) electrons. The third kappa shape index (κ3) is 0.948. The van der Waals surface area contributed by atoms with Gasteiger partial charge in [-0.15, -0.1) is 11.3 Å². The van der Waals surface area contributed by atoms with Gasteiger partial charge in [-0.3, -0.25) is 0 Å². The number of rotatable bonds is 1. The third-order valence-electron chi connectivity index (χ3n) is 1.60. The molecule has 58 valence electrons. The second-order valence-corrected chi connectivity index (χ2v) is 3.50. The number of aryl methyl sites for hydroxylation is 1. The van der Waals surface area contributed by atoms with E-state index in [9.17, 15) is 0 Å². The summed E-state index contributed by atoms with van der Waals surface area (Å²) >= 11 is 1.54. The maximum absolute atomic E-state index is 8.79. The summed E-state index contributed by atoms with van der Waals surface area (Å²) in [6, 6.07) is 2.01. The number of hydrogen-bond acceptors (Lipinski definition) is 3. The standard InChI is InChI=1S/C7H8N2OS/c1-9-3-2-5-7(9)8-6(4-10)11-5/h2-3,10H,4H2,1H3. The van der Waals surface area contributed by atoms with Crippen LogP contribution < -0.4 is 0 Å². The van der Waals surface area contributed by atoms with Crippen LogP contribution in [-0.4, -0.2) is 14.7 Å². The van der Waals surface area contributed by atoms with Crippen LogP contribution in [-0.2, 0) is 13.7 Å². The average Bonchev–Trinajstić information content (AvgIpc) is 2.53. The maximum atomic E-state index is 8.79. The third-order valence-corrected chi connectivity index (χ3v) is 2.59. The minimum absolute atomic E-state index is 0.0410. The van der Waals surface area contributed by atoms with Crippen molar-refractivity contribution in [3.05, 3.63) is 17.3 Å². The van der Waals surface area contributed by atoms with Crippen molar-refractivity contribution in [3.63, 3.8) is 0 Å². The van der Waals surface area contributed by atoms with Crippen molar-refractivity contribution in [3.8, 4) is 0 Å². The molecule has 0 saturated carbocycles. The molecule has 0 fully saturated rings. The molecule has 0 atom stereocenters. The highest BCUT2D eigenvalue weighted by molar-refractivity contribution is 7.18. The Balaban J connectivity index is 2.70. The van der Waals surface area contributed by atoms with Crippen molar-refractivity contribution in [2.45, 2.75) is 6.61 Å². The van der Waals surface area contributed by atoms with Gasteiger partial charge in [0.15, 0.2) is 5.65 Å². The van der Waals surface area contributed by atoms with Gasteiger partial charge in [0.1, 0.15) is 5.01 Å². The van der Waals surface area contributed by atoms with Crippen LogP contribution in [0, 0.1) is 0 Å². The Morgan fingerprint density at radius 3 is 3.18 bits per heavy atom. The Morgan fingerprint density at radius 1 is 1.73 bits per heavy atom. The van der Waals surface area contributed by atoms with Crippen molar-refractivity contribution < 1.29 is 5.11 Å². The minimum atomic E-state index is 0.0410. The van der Waals surface area contributed by atoms with Crippen LogP contribution in [0.2, 0.25) is 0 Å². The lowest BCUT2D eigenvalue weighted by molar-refractivity contribution is 0.281. The van der Waals surface area contributed by atoms with Gasteiger partial charge >= 0.3 is 0 Å². The Bertz CT molecular complexity index is 377. The van der Waals surface area contributed by atoms with Crippen molar-refractivity contribution in [1.82, 2.24) is 9.55 Å². The van der Waals surface area contributed by atoms with Crippen LogP contribution in [0.5, 0.6) is 0 Å². The van der Waals surface area contributed by atoms with Crippen LogP contribution in [0.15, 0.2) is 12.3 Å². The molecule has 2 aromatic rings. The van der Waals surface area contributed by atoms with Crippen LogP contribution in [0.1, 0.15) is 5.01 Å². The number of fused-ring (bicyclic) bond motifs is 1. The number of thiazole rings is 1. The Labute approximate surface area is 67.9 Å². The summed E-state index contributed by atoms with van der Waals surface area (Å²) in [6.07, 6.45) is 1.97. The molecule has 0 aliphatic heterocycles. The SMILES string of the molecule is Cn1ccc2sc(CO)nc21. The minimum Gasteiger partial charge on any atom is -0.389 e. The summed E-state index contributed by atoms with van der Waals surface area (Å²) in [5.41, 5.74) is 0.957. The van der Waals surface area contributed by atoms with E-state index in [0.29, 0.717) is 0 Å². The molecule has 0 spiro atoms. The van der Waals surface area contributed by atoms with Gasteiger partial charge in [0.05, 0.1) is 11.3 Å². The van der Waals surface area contributed by atoms with E-state index in [0.717, 1.165) is 15.4 Å². The summed E-state index contributed by atoms with van der Waals surface area (Å²) in [6.45, 7) is 0.0410. The van der Waals surface area contributed by atoms with E-state index in [2.05, 4.69) is 4.98 Å². The van der Waals surface area contributed by atoms with E-state index in [4.69, 9.17) is 5.11 Å². The first kappa shape index (κ1) is 6.82. The molecule has 0 aromatic carbocycles. The second kappa shape index (κ2) is 2.32. The van der Waals surface area contributed by atoms with E-state index in [1.165, 1.54) is 11.3 Å². The van der Waals surface area contributed by atoms with Gasteiger partial charge in [-0.1, -0.05) is 0 Å². The van der Waals surface area contributed by atoms with Crippen molar-refractivity contribution in [1.29, 1.82) is 0 Å². The highest BCUT2D eigenvalue weighted by atomic mass is 32.1. The van der Waals surface area contributed by atoms with Gasteiger partial charge in [0, 0.05) is 13.2 Å². The average molecular weight is 168 g/mol. The molecule has 2 aromatic heterocycles. The van der Waals surface area contributed by atoms with E-state index in [-0.39, 0.29) is 6.61 Å². The molecular weight excluding hydrogens is 160 g/mol. The first-order valence-corrected chi connectivity index (χ1v) is 4.14. The number of hydrogen-bond donors (Lipinski definition) is 1. The zero-order valence-electron chi connectivity index (χ0n) is 6.11. The zero-order chi connectivity index (χ0) is 7.84. The molecule has 4 heteroatoms.